The van der Waals surface area contributed by atoms with Gasteiger partial charge in [-0.15, -0.1) is 0 Å². The highest BCUT2D eigenvalue weighted by molar-refractivity contribution is 7.77. The summed E-state index contributed by atoms with van der Waals surface area (Å²) < 4.78 is 28.3. The molecule has 0 bridgehead atoms. The monoisotopic (exact) mass is 478 g/mol. The standard InChI is InChI=1S/C23H27ClN2O5S/c24-19-7-4-18-14-31-22-9-6-16(23(28)25-32(29)30)12-20(22)26(13-17-5-8-21(17)27)10-2-1-3-15(18)11-19/h4,6-7,9,11-12,17,21,27H,1-3,5,8,10,13-14H2,(H,25,28)(H,29,30)/t17-,21?/m0/s1. The van der Waals surface area contributed by atoms with Gasteiger partial charge in [0.1, 0.15) is 12.4 Å². The van der Waals surface area contributed by atoms with E-state index in [1.165, 1.54) is 5.56 Å². The van der Waals surface area contributed by atoms with Crippen LogP contribution in [0.4, 0.5) is 5.69 Å². The molecule has 3 atom stereocenters. The second kappa shape index (κ2) is 10.2. The van der Waals surface area contributed by atoms with Gasteiger partial charge >= 0.3 is 0 Å². The van der Waals surface area contributed by atoms with Gasteiger partial charge in [-0.1, -0.05) is 17.7 Å². The largest absolute Gasteiger partial charge is 0.487 e. The van der Waals surface area contributed by atoms with Crippen LogP contribution in [0.2, 0.25) is 5.02 Å². The van der Waals surface area contributed by atoms with E-state index in [9.17, 15) is 14.1 Å². The van der Waals surface area contributed by atoms with Crippen molar-refractivity contribution in [3.05, 3.63) is 58.1 Å². The zero-order valence-electron chi connectivity index (χ0n) is 17.6. The number of carbonyl (C=O) groups excluding carboxylic acids is 1. The third-order valence-corrected chi connectivity index (χ3v) is 6.84. The predicted molar refractivity (Wildman–Crippen MR) is 124 cm³/mol. The molecule has 0 aromatic heterocycles. The Hall–Kier alpha value is -2.13. The van der Waals surface area contributed by atoms with Crippen LogP contribution in [0.15, 0.2) is 36.4 Å². The molecule has 2 aromatic carbocycles. The quantitative estimate of drug-likeness (QED) is 0.579. The molecule has 172 valence electrons. The van der Waals surface area contributed by atoms with E-state index in [2.05, 4.69) is 4.90 Å². The van der Waals surface area contributed by atoms with Gasteiger partial charge in [-0.05, 0) is 73.6 Å². The highest BCUT2D eigenvalue weighted by Crippen LogP contribution is 2.36. The van der Waals surface area contributed by atoms with E-state index in [4.69, 9.17) is 20.9 Å². The van der Waals surface area contributed by atoms with Crippen LogP contribution in [0.5, 0.6) is 5.75 Å². The van der Waals surface area contributed by atoms with Crippen molar-refractivity contribution in [3.8, 4) is 5.75 Å². The molecule has 0 radical (unpaired) electrons. The van der Waals surface area contributed by atoms with Crippen LogP contribution in [-0.2, 0) is 24.3 Å². The molecule has 2 aromatic rings. The van der Waals surface area contributed by atoms with Crippen molar-refractivity contribution in [1.29, 1.82) is 0 Å². The number of halogens is 1. The van der Waals surface area contributed by atoms with Gasteiger partial charge in [-0.2, -0.15) is 0 Å². The Kier molecular flexibility index (Phi) is 7.35. The van der Waals surface area contributed by atoms with Crippen molar-refractivity contribution in [2.45, 2.75) is 44.8 Å². The maximum atomic E-state index is 12.3. The average Bonchev–Trinajstić information content (AvgIpc) is 2.79. The molecule has 0 spiro atoms. The van der Waals surface area contributed by atoms with Crippen LogP contribution < -0.4 is 14.4 Å². The van der Waals surface area contributed by atoms with Crippen molar-refractivity contribution in [3.63, 3.8) is 0 Å². The number of carbonyl (C=O) groups is 1. The first kappa shape index (κ1) is 23.0. The number of hydrogen-bond acceptors (Lipinski definition) is 5. The summed E-state index contributed by atoms with van der Waals surface area (Å²) in [6.07, 6.45) is 4.24. The van der Waals surface area contributed by atoms with Gasteiger partial charge in [-0.3, -0.25) is 9.35 Å². The lowest BCUT2D eigenvalue weighted by Crippen LogP contribution is -2.42. The molecule has 1 aliphatic heterocycles. The highest BCUT2D eigenvalue weighted by atomic mass is 35.5. The van der Waals surface area contributed by atoms with E-state index in [0.29, 0.717) is 23.9 Å². The molecule has 3 N–H and O–H groups in total. The van der Waals surface area contributed by atoms with Crippen LogP contribution in [0.25, 0.3) is 0 Å². The Morgan fingerprint density at radius 3 is 2.75 bits per heavy atom. The third kappa shape index (κ3) is 5.43. The molecular formula is C23H27ClN2O5S. The van der Waals surface area contributed by atoms with Gasteiger partial charge in [0.15, 0.2) is 0 Å². The minimum absolute atomic E-state index is 0.173. The molecule has 0 saturated heterocycles. The fraction of sp³-hybridized carbons (Fsp3) is 0.435. The lowest BCUT2D eigenvalue weighted by molar-refractivity contribution is 0.0280. The Morgan fingerprint density at radius 1 is 1.19 bits per heavy atom. The van der Waals surface area contributed by atoms with E-state index in [1.54, 1.807) is 18.2 Å². The second-order valence-electron chi connectivity index (χ2n) is 8.37. The van der Waals surface area contributed by atoms with Crippen molar-refractivity contribution < 1.29 is 23.4 Å². The van der Waals surface area contributed by atoms with Gasteiger partial charge in [0, 0.05) is 29.6 Å². The summed E-state index contributed by atoms with van der Waals surface area (Å²) in [5.74, 6) is 0.168. The van der Waals surface area contributed by atoms with E-state index < -0.39 is 17.2 Å². The van der Waals surface area contributed by atoms with Crippen LogP contribution in [0, 0.1) is 5.92 Å². The summed E-state index contributed by atoms with van der Waals surface area (Å²) in [6.45, 7) is 1.77. The summed E-state index contributed by atoms with van der Waals surface area (Å²) in [5, 5.41) is 10.9. The number of rotatable bonds is 4. The molecule has 1 amide bonds. The summed E-state index contributed by atoms with van der Waals surface area (Å²) >= 11 is 3.77. The first-order valence-corrected chi connectivity index (χ1v) is 12.3. The number of nitrogens with one attached hydrogen (secondary N) is 1. The molecule has 2 unspecified atom stereocenters. The second-order valence-corrected chi connectivity index (χ2v) is 9.51. The number of anilines is 1. The number of benzene rings is 2. The number of hydrogen-bond donors (Lipinski definition) is 3. The predicted octanol–water partition coefficient (Wildman–Crippen LogP) is 3.70. The smallest absolute Gasteiger partial charge is 0.264 e. The maximum absolute atomic E-state index is 12.3. The molecule has 1 saturated carbocycles. The van der Waals surface area contributed by atoms with Gasteiger partial charge in [-0.25, -0.2) is 8.93 Å². The minimum Gasteiger partial charge on any atom is -0.487 e. The fourth-order valence-corrected chi connectivity index (χ4v) is 4.74. The van der Waals surface area contributed by atoms with Gasteiger partial charge < -0.3 is 14.7 Å². The normalized spacial score (nSPS) is 21.8. The first-order valence-electron chi connectivity index (χ1n) is 10.8. The van der Waals surface area contributed by atoms with E-state index in [1.807, 2.05) is 22.9 Å². The van der Waals surface area contributed by atoms with Gasteiger partial charge in [0.05, 0.1) is 11.8 Å². The van der Waals surface area contributed by atoms with Gasteiger partial charge in [0.25, 0.3) is 17.2 Å². The van der Waals surface area contributed by atoms with Crippen LogP contribution in [0.3, 0.4) is 0 Å². The number of fused-ring (bicyclic) bond motifs is 2. The van der Waals surface area contributed by atoms with Crippen LogP contribution in [0.1, 0.15) is 47.2 Å². The SMILES string of the molecule is O=C(NS(=O)O)c1ccc2c(c1)N(C[C@@H]1CCC1O)CCCCc1cc(Cl)ccc1CO2. The number of amides is 1. The summed E-state index contributed by atoms with van der Waals surface area (Å²) in [5.41, 5.74) is 3.26. The average molecular weight is 479 g/mol. The van der Waals surface area contributed by atoms with E-state index >= 15 is 0 Å². The lowest BCUT2D eigenvalue weighted by Gasteiger charge is -2.38. The highest BCUT2D eigenvalue weighted by Gasteiger charge is 2.31. The molecule has 1 aliphatic carbocycles. The topological polar surface area (TPSA) is 99.1 Å². The fourth-order valence-electron chi connectivity index (χ4n) is 4.27. The van der Waals surface area contributed by atoms with Crippen molar-refractivity contribution in [1.82, 2.24) is 4.72 Å². The number of aliphatic hydroxyl groups excluding tert-OH is 1. The van der Waals surface area contributed by atoms with Crippen molar-refractivity contribution in [2.24, 2.45) is 5.92 Å². The molecule has 32 heavy (non-hydrogen) atoms. The molecule has 9 heteroatoms. The molecule has 2 aliphatic rings. The lowest BCUT2D eigenvalue weighted by atomic mass is 9.81. The van der Waals surface area contributed by atoms with Crippen LogP contribution in [-0.4, -0.2) is 39.0 Å². The Bertz CT molecular complexity index is 1020. The van der Waals surface area contributed by atoms with Crippen LogP contribution >= 0.6 is 11.6 Å². The zero-order valence-corrected chi connectivity index (χ0v) is 19.2. The first-order chi connectivity index (χ1) is 15.4. The molecular weight excluding hydrogens is 452 g/mol. The van der Waals surface area contributed by atoms with Gasteiger partial charge in [0.2, 0.25) is 0 Å². The minimum atomic E-state index is -2.44. The number of nitrogens with zero attached hydrogens (tertiary/aromatic N) is 1. The Morgan fingerprint density at radius 2 is 2.03 bits per heavy atom. The molecule has 1 fully saturated rings. The maximum Gasteiger partial charge on any atom is 0.264 e. The molecule has 7 nitrogen and oxygen atoms in total. The van der Waals surface area contributed by atoms with Crippen molar-refractivity contribution in [2.75, 3.05) is 18.0 Å². The number of aliphatic hydroxyl groups is 1. The number of aryl methyl sites for hydroxylation is 1. The summed E-state index contributed by atoms with van der Waals surface area (Å²) in [4.78, 5) is 14.5. The third-order valence-electron chi connectivity index (χ3n) is 6.25. The van der Waals surface area contributed by atoms with E-state index in [0.717, 1.165) is 49.9 Å². The zero-order chi connectivity index (χ0) is 22.7. The van der Waals surface area contributed by atoms with E-state index in [-0.39, 0.29) is 17.6 Å². The number of ether oxygens (including phenoxy) is 1. The summed E-state index contributed by atoms with van der Waals surface area (Å²) in [7, 11) is 0. The molecule has 4 rings (SSSR count). The Labute approximate surface area is 195 Å². The molecule has 1 heterocycles. The van der Waals surface area contributed by atoms with Crippen molar-refractivity contribution >= 4 is 34.5 Å². The summed E-state index contributed by atoms with van der Waals surface area (Å²) in [6, 6.07) is 10.8. The Balaban J connectivity index is 1.68.